The molecular formula is C35H36Cl2N4O5. The van der Waals surface area contributed by atoms with Crippen molar-refractivity contribution >= 4 is 41.0 Å². The van der Waals surface area contributed by atoms with Crippen LogP contribution >= 0.6 is 23.2 Å². The van der Waals surface area contributed by atoms with Crippen LogP contribution in [0.5, 0.6) is 0 Å². The first kappa shape index (κ1) is 33.3. The smallest absolute Gasteiger partial charge is 0.317 e. The maximum absolute atomic E-state index is 13.7. The van der Waals surface area contributed by atoms with Gasteiger partial charge in [0.25, 0.3) is 11.8 Å². The van der Waals surface area contributed by atoms with E-state index >= 15 is 0 Å². The summed E-state index contributed by atoms with van der Waals surface area (Å²) < 4.78 is 5.69. The summed E-state index contributed by atoms with van der Waals surface area (Å²) in [6.07, 6.45) is 1.15. The summed E-state index contributed by atoms with van der Waals surface area (Å²) in [6.45, 7) is 1.00. The lowest BCUT2D eigenvalue weighted by atomic mass is 9.95. The molecule has 0 spiro atoms. The van der Waals surface area contributed by atoms with Gasteiger partial charge in [-0.3, -0.25) is 9.59 Å². The van der Waals surface area contributed by atoms with Crippen LogP contribution in [0.3, 0.4) is 0 Å². The topological polar surface area (TPSA) is 111 Å². The fourth-order valence-corrected chi connectivity index (χ4v) is 5.80. The molecule has 2 atom stereocenters. The van der Waals surface area contributed by atoms with Crippen molar-refractivity contribution in [2.75, 3.05) is 26.7 Å². The van der Waals surface area contributed by atoms with E-state index < -0.39 is 24.3 Å². The minimum atomic E-state index is -1.49. The monoisotopic (exact) mass is 662 g/mol. The third-order valence-electron chi connectivity index (χ3n) is 7.86. The van der Waals surface area contributed by atoms with Crippen LogP contribution in [0.4, 0.5) is 4.79 Å². The van der Waals surface area contributed by atoms with E-state index in [0.29, 0.717) is 43.1 Å². The summed E-state index contributed by atoms with van der Waals surface area (Å²) >= 11 is 13.3. The van der Waals surface area contributed by atoms with Crippen molar-refractivity contribution in [2.24, 2.45) is 5.92 Å². The number of carbonyl (C=O) groups excluding carboxylic acids is 3. The number of hydrogen-bond acceptors (Lipinski definition) is 5. The maximum Gasteiger partial charge on any atom is 0.317 e. The Bertz CT molecular complexity index is 1620. The zero-order valence-corrected chi connectivity index (χ0v) is 27.0. The van der Waals surface area contributed by atoms with Gasteiger partial charge in [-0.25, -0.2) is 4.79 Å². The first-order valence-electron chi connectivity index (χ1n) is 15.2. The molecule has 2 unspecified atom stereocenters. The van der Waals surface area contributed by atoms with E-state index in [-0.39, 0.29) is 34.7 Å². The number of benzene rings is 3. The van der Waals surface area contributed by atoms with E-state index in [0.717, 1.165) is 24.0 Å². The van der Waals surface area contributed by atoms with E-state index in [4.69, 9.17) is 27.9 Å². The van der Waals surface area contributed by atoms with Gasteiger partial charge in [-0.1, -0.05) is 95.7 Å². The summed E-state index contributed by atoms with van der Waals surface area (Å²) in [5.74, 6) is 5.77. The summed E-state index contributed by atoms with van der Waals surface area (Å²) in [7, 11) is 1.65. The Hall–Kier alpha value is -4.07. The highest BCUT2D eigenvalue weighted by Gasteiger charge is 2.32. The predicted octanol–water partition coefficient (Wildman–Crippen LogP) is 4.88. The SMILES string of the molecule is CN(Cc1ccccc1)C(=O)NCC(NC(=O)c1c(Cl)cc2c(c1Cl)CCN(CC#CC1CC1)C2=O)C(O)OCc1ccccc1. The molecule has 240 valence electrons. The number of urea groups is 1. The van der Waals surface area contributed by atoms with Gasteiger partial charge in [0.05, 0.1) is 34.8 Å². The lowest BCUT2D eigenvalue weighted by molar-refractivity contribution is -0.125. The normalized spacial score (nSPS) is 15.2. The largest absolute Gasteiger partial charge is 0.366 e. The fourth-order valence-electron chi connectivity index (χ4n) is 5.08. The first-order chi connectivity index (χ1) is 22.2. The van der Waals surface area contributed by atoms with Crippen LogP contribution < -0.4 is 10.6 Å². The number of carbonyl (C=O) groups is 3. The van der Waals surface area contributed by atoms with Crippen LogP contribution in [0.2, 0.25) is 10.0 Å². The van der Waals surface area contributed by atoms with Crippen LogP contribution in [0.25, 0.3) is 0 Å². The lowest BCUT2D eigenvalue weighted by Gasteiger charge is -2.29. The molecule has 9 nitrogen and oxygen atoms in total. The Morgan fingerprint density at radius 2 is 1.76 bits per heavy atom. The number of nitrogens with one attached hydrogen (secondary N) is 2. The summed E-state index contributed by atoms with van der Waals surface area (Å²) in [5, 5.41) is 16.6. The molecule has 4 amide bonds. The van der Waals surface area contributed by atoms with E-state index in [9.17, 15) is 19.5 Å². The summed E-state index contributed by atoms with van der Waals surface area (Å²) in [4.78, 5) is 42.9. The third kappa shape index (κ3) is 8.59. The Labute approximate surface area is 278 Å². The van der Waals surface area contributed by atoms with Gasteiger partial charge in [0.2, 0.25) is 0 Å². The number of nitrogens with zero attached hydrogens (tertiary/aromatic N) is 2. The number of ether oxygens (including phenoxy) is 1. The predicted molar refractivity (Wildman–Crippen MR) is 176 cm³/mol. The van der Waals surface area contributed by atoms with Crippen molar-refractivity contribution in [3.05, 3.63) is 105 Å². The van der Waals surface area contributed by atoms with Gasteiger partial charge < -0.3 is 30.3 Å². The van der Waals surface area contributed by atoms with Gasteiger partial charge in [0.1, 0.15) is 0 Å². The Morgan fingerprint density at radius 3 is 2.43 bits per heavy atom. The Kier molecular flexibility index (Phi) is 11.2. The summed E-state index contributed by atoms with van der Waals surface area (Å²) in [6, 6.07) is 18.7. The molecule has 3 N–H and O–H groups in total. The zero-order valence-electron chi connectivity index (χ0n) is 25.5. The van der Waals surface area contributed by atoms with Crippen molar-refractivity contribution < 1.29 is 24.2 Å². The van der Waals surface area contributed by atoms with E-state index in [1.54, 1.807) is 11.9 Å². The van der Waals surface area contributed by atoms with Gasteiger partial charge in [-0.05, 0) is 42.0 Å². The van der Waals surface area contributed by atoms with Crippen molar-refractivity contribution in [2.45, 2.75) is 44.7 Å². The third-order valence-corrected chi connectivity index (χ3v) is 8.57. The average Bonchev–Trinajstić information content (AvgIpc) is 3.88. The quantitative estimate of drug-likeness (QED) is 0.200. The molecule has 0 aromatic heterocycles. The molecule has 1 heterocycles. The molecule has 46 heavy (non-hydrogen) atoms. The second-order valence-corrected chi connectivity index (χ2v) is 12.2. The molecular weight excluding hydrogens is 627 g/mol. The molecule has 0 bridgehead atoms. The second-order valence-electron chi connectivity index (χ2n) is 11.4. The Morgan fingerprint density at radius 1 is 1.09 bits per heavy atom. The molecule has 2 aliphatic rings. The van der Waals surface area contributed by atoms with Crippen molar-refractivity contribution in [1.29, 1.82) is 0 Å². The molecule has 1 aliphatic carbocycles. The lowest BCUT2D eigenvalue weighted by Crippen LogP contribution is -2.52. The molecule has 3 aromatic rings. The van der Waals surface area contributed by atoms with Crippen LogP contribution in [-0.2, 0) is 24.3 Å². The van der Waals surface area contributed by atoms with Gasteiger partial charge in [-0.15, -0.1) is 0 Å². The van der Waals surface area contributed by atoms with E-state index in [1.165, 1.54) is 11.0 Å². The number of hydrogen-bond donors (Lipinski definition) is 3. The molecule has 1 saturated carbocycles. The maximum atomic E-state index is 13.7. The van der Waals surface area contributed by atoms with E-state index in [2.05, 4.69) is 22.5 Å². The standard InChI is InChI=1S/C35H36Cl2N4O5/c1-40(21-24-9-4-2-5-10-24)35(45)38-20-29(34(44)46-22-25-11-6-3-7-12-25)39-32(42)30-28(36)19-27-26(31(30)37)16-18-41(33(27)43)17-8-13-23-14-15-23/h2-7,9-12,19,23,29,34,44H,14-18,20-22H2,1H3,(H,38,45)(H,39,42). The van der Waals surface area contributed by atoms with E-state index in [1.807, 2.05) is 60.7 Å². The molecule has 5 rings (SSSR count). The van der Waals surface area contributed by atoms with Gasteiger partial charge >= 0.3 is 6.03 Å². The Balaban J connectivity index is 1.29. The number of rotatable bonds is 11. The van der Waals surface area contributed by atoms with Crippen LogP contribution in [0.15, 0.2) is 66.7 Å². The second kappa shape index (κ2) is 15.5. The van der Waals surface area contributed by atoms with Gasteiger partial charge in [-0.2, -0.15) is 0 Å². The van der Waals surface area contributed by atoms with Crippen molar-refractivity contribution in [3.8, 4) is 11.8 Å². The molecule has 0 saturated heterocycles. The molecule has 11 heteroatoms. The number of halogens is 2. The summed E-state index contributed by atoms with van der Waals surface area (Å²) in [5.41, 5.74) is 2.60. The number of aliphatic hydroxyl groups excluding tert-OH is 1. The van der Waals surface area contributed by atoms with Crippen LogP contribution in [0, 0.1) is 17.8 Å². The average molecular weight is 664 g/mol. The zero-order chi connectivity index (χ0) is 32.6. The number of fused-ring (bicyclic) bond motifs is 1. The first-order valence-corrected chi connectivity index (χ1v) is 15.9. The molecule has 1 aliphatic heterocycles. The van der Waals surface area contributed by atoms with Crippen molar-refractivity contribution in [1.82, 2.24) is 20.4 Å². The minimum Gasteiger partial charge on any atom is -0.366 e. The number of aliphatic hydroxyl groups is 1. The molecule has 0 radical (unpaired) electrons. The minimum absolute atomic E-state index is 0.00871. The van der Waals surface area contributed by atoms with Crippen molar-refractivity contribution in [3.63, 3.8) is 0 Å². The fraction of sp³-hybridized carbons (Fsp3) is 0.343. The van der Waals surface area contributed by atoms with Gasteiger partial charge in [0, 0.05) is 38.2 Å². The molecule has 1 fully saturated rings. The number of amides is 4. The highest BCUT2D eigenvalue weighted by Crippen LogP contribution is 2.35. The van der Waals surface area contributed by atoms with Crippen LogP contribution in [-0.4, -0.2) is 71.8 Å². The highest BCUT2D eigenvalue weighted by molar-refractivity contribution is 6.41. The van der Waals surface area contributed by atoms with Gasteiger partial charge in [0.15, 0.2) is 6.29 Å². The van der Waals surface area contributed by atoms with Crippen LogP contribution in [0.1, 0.15) is 50.2 Å². The molecule has 3 aromatic carbocycles. The highest BCUT2D eigenvalue weighted by atomic mass is 35.5.